The number of esters is 1. The number of cyclic esters (lactones) is 1. The number of phenolic OH excluding ortho intramolecular Hbond substituents is 1. The van der Waals surface area contributed by atoms with Crippen LogP contribution in [-0.2, 0) is 34.8 Å². The number of piperidine rings is 1. The SMILES string of the molecule is CC[C@@]1(O)C(=O)OCc2c1cc1n(c2=O)Cc2cc3c(CN4CCC(N(C)C)CC4)c(O)ccc3nc2-1. The summed E-state index contributed by atoms with van der Waals surface area (Å²) < 4.78 is 6.79. The summed E-state index contributed by atoms with van der Waals surface area (Å²) in [6.07, 6.45) is 2.28. The van der Waals surface area contributed by atoms with Crippen molar-refractivity contribution < 1.29 is 19.7 Å². The van der Waals surface area contributed by atoms with E-state index >= 15 is 0 Å². The van der Waals surface area contributed by atoms with Gasteiger partial charge in [-0.15, -0.1) is 0 Å². The normalized spacial score (nSPS) is 21.7. The molecule has 37 heavy (non-hydrogen) atoms. The highest BCUT2D eigenvalue weighted by molar-refractivity contribution is 5.89. The minimum atomic E-state index is -1.85. The third kappa shape index (κ3) is 3.67. The van der Waals surface area contributed by atoms with Gasteiger partial charge in [-0.05, 0) is 70.7 Å². The van der Waals surface area contributed by atoms with Crippen molar-refractivity contribution in [2.75, 3.05) is 27.2 Å². The van der Waals surface area contributed by atoms with E-state index in [1.165, 1.54) is 0 Å². The summed E-state index contributed by atoms with van der Waals surface area (Å²) in [6.45, 7) is 4.44. The van der Waals surface area contributed by atoms with Gasteiger partial charge in [0.2, 0.25) is 0 Å². The van der Waals surface area contributed by atoms with E-state index in [1.807, 2.05) is 6.07 Å². The summed E-state index contributed by atoms with van der Waals surface area (Å²) in [6, 6.07) is 7.81. The lowest BCUT2D eigenvalue weighted by Crippen LogP contribution is -2.44. The van der Waals surface area contributed by atoms with Crippen molar-refractivity contribution in [3.63, 3.8) is 0 Å². The fourth-order valence-corrected chi connectivity index (χ4v) is 6.08. The third-order valence-corrected chi connectivity index (χ3v) is 8.45. The van der Waals surface area contributed by atoms with Crippen LogP contribution < -0.4 is 5.56 Å². The second-order valence-electron chi connectivity index (χ2n) is 10.7. The average molecular weight is 505 g/mol. The highest BCUT2D eigenvalue weighted by Crippen LogP contribution is 2.40. The molecular formula is C28H32N4O5. The van der Waals surface area contributed by atoms with E-state index in [2.05, 4.69) is 23.9 Å². The van der Waals surface area contributed by atoms with Crippen LogP contribution in [0.2, 0.25) is 0 Å². The highest BCUT2D eigenvalue weighted by atomic mass is 16.6. The van der Waals surface area contributed by atoms with Gasteiger partial charge in [-0.2, -0.15) is 0 Å². The number of carbonyl (C=O) groups excluding carboxylic acids is 1. The molecule has 0 radical (unpaired) electrons. The van der Waals surface area contributed by atoms with Crippen LogP contribution in [0.3, 0.4) is 0 Å². The Morgan fingerprint density at radius 1 is 1.19 bits per heavy atom. The first-order valence-electron chi connectivity index (χ1n) is 12.9. The molecule has 6 rings (SSSR count). The second-order valence-corrected chi connectivity index (χ2v) is 10.7. The van der Waals surface area contributed by atoms with E-state index < -0.39 is 11.6 Å². The van der Waals surface area contributed by atoms with Crippen LogP contribution in [-0.4, -0.2) is 68.8 Å². The number of benzene rings is 1. The van der Waals surface area contributed by atoms with Crippen molar-refractivity contribution in [3.05, 3.63) is 56.9 Å². The summed E-state index contributed by atoms with van der Waals surface area (Å²) in [5, 5.41) is 22.8. The van der Waals surface area contributed by atoms with Crippen LogP contribution in [0.1, 0.15) is 48.4 Å². The van der Waals surface area contributed by atoms with Gasteiger partial charge in [0.15, 0.2) is 5.60 Å². The Labute approximate surface area is 214 Å². The molecule has 1 saturated heterocycles. The monoisotopic (exact) mass is 504 g/mol. The van der Waals surface area contributed by atoms with Gasteiger partial charge < -0.3 is 24.4 Å². The average Bonchev–Trinajstić information content (AvgIpc) is 3.25. The van der Waals surface area contributed by atoms with Crippen molar-refractivity contribution in [1.29, 1.82) is 0 Å². The number of ether oxygens (including phenoxy) is 1. The standard InChI is InChI=1S/C28H32N4O5/c1-4-28(36)21-12-23-25-16(13-32(23)26(34)20(21)15-37-27(28)35)11-18-19(24(33)6-5-22(18)29-25)14-31-9-7-17(8-10-31)30(2)3/h5-6,11-12,17,33,36H,4,7-10,13-15H2,1-3H3/t28-/m0/s1. The Kier molecular flexibility index (Phi) is 5.63. The van der Waals surface area contributed by atoms with Crippen LogP contribution in [0, 0.1) is 0 Å². The molecule has 1 fully saturated rings. The molecule has 0 amide bonds. The van der Waals surface area contributed by atoms with E-state index in [4.69, 9.17) is 9.72 Å². The number of pyridine rings is 2. The number of hydrogen-bond donors (Lipinski definition) is 2. The number of aliphatic hydroxyl groups is 1. The van der Waals surface area contributed by atoms with Crippen molar-refractivity contribution in [2.24, 2.45) is 0 Å². The number of fused-ring (bicyclic) bond motifs is 5. The maximum atomic E-state index is 13.4. The summed E-state index contributed by atoms with van der Waals surface area (Å²) in [5.41, 5.74) is 2.20. The maximum absolute atomic E-state index is 13.4. The molecule has 0 unspecified atom stereocenters. The van der Waals surface area contributed by atoms with Crippen molar-refractivity contribution in [3.8, 4) is 17.1 Å². The fraction of sp³-hybridized carbons (Fsp3) is 0.464. The van der Waals surface area contributed by atoms with Crippen molar-refractivity contribution >= 4 is 16.9 Å². The molecule has 5 heterocycles. The van der Waals surface area contributed by atoms with Gasteiger partial charge in [0, 0.05) is 34.7 Å². The van der Waals surface area contributed by atoms with Gasteiger partial charge in [-0.25, -0.2) is 9.78 Å². The summed E-state index contributed by atoms with van der Waals surface area (Å²) in [4.78, 5) is 35.4. The third-order valence-electron chi connectivity index (χ3n) is 8.45. The van der Waals surface area contributed by atoms with Crippen LogP contribution in [0.25, 0.3) is 22.3 Å². The molecule has 0 spiro atoms. The Morgan fingerprint density at radius 3 is 2.65 bits per heavy atom. The summed E-state index contributed by atoms with van der Waals surface area (Å²) >= 11 is 0. The maximum Gasteiger partial charge on any atom is 0.343 e. The number of phenols is 1. The first-order valence-corrected chi connectivity index (χ1v) is 12.9. The molecule has 0 saturated carbocycles. The van der Waals surface area contributed by atoms with Crippen LogP contribution in [0.15, 0.2) is 29.1 Å². The number of nitrogens with zero attached hydrogens (tertiary/aromatic N) is 4. The molecule has 3 aromatic rings. The van der Waals surface area contributed by atoms with Crippen molar-refractivity contribution in [2.45, 2.75) is 57.5 Å². The van der Waals surface area contributed by atoms with Gasteiger partial charge in [0.1, 0.15) is 12.4 Å². The number of aromatic hydroxyl groups is 1. The molecule has 1 atom stereocenters. The van der Waals surface area contributed by atoms with E-state index in [0.29, 0.717) is 41.6 Å². The predicted molar refractivity (Wildman–Crippen MR) is 138 cm³/mol. The lowest BCUT2D eigenvalue weighted by Gasteiger charge is -2.35. The Hall–Kier alpha value is -3.27. The molecule has 2 N–H and O–H groups in total. The van der Waals surface area contributed by atoms with Gasteiger partial charge in [0.25, 0.3) is 5.56 Å². The number of rotatable bonds is 4. The Morgan fingerprint density at radius 2 is 1.95 bits per heavy atom. The Bertz CT molecular complexity index is 1490. The fourth-order valence-electron chi connectivity index (χ4n) is 6.08. The highest BCUT2D eigenvalue weighted by Gasteiger charge is 2.45. The number of hydrogen-bond acceptors (Lipinski definition) is 8. The van der Waals surface area contributed by atoms with E-state index in [-0.39, 0.29) is 24.3 Å². The first-order chi connectivity index (χ1) is 17.7. The number of carbonyl (C=O) groups is 1. The van der Waals surface area contributed by atoms with Crippen LogP contribution in [0.4, 0.5) is 0 Å². The molecule has 9 heteroatoms. The molecule has 3 aliphatic rings. The van der Waals surface area contributed by atoms with Crippen molar-refractivity contribution in [1.82, 2.24) is 19.4 Å². The molecule has 194 valence electrons. The summed E-state index contributed by atoms with van der Waals surface area (Å²) in [7, 11) is 4.24. The molecule has 0 aliphatic carbocycles. The Balaban J connectivity index is 1.41. The number of aromatic nitrogens is 2. The minimum Gasteiger partial charge on any atom is -0.508 e. The molecule has 3 aliphatic heterocycles. The lowest BCUT2D eigenvalue weighted by atomic mass is 9.86. The van der Waals surface area contributed by atoms with E-state index in [9.17, 15) is 19.8 Å². The summed E-state index contributed by atoms with van der Waals surface area (Å²) in [5.74, 6) is -0.484. The molecule has 9 nitrogen and oxygen atoms in total. The predicted octanol–water partition coefficient (Wildman–Crippen LogP) is 2.31. The minimum absolute atomic E-state index is 0.105. The molecule has 0 bridgehead atoms. The smallest absolute Gasteiger partial charge is 0.343 e. The van der Waals surface area contributed by atoms with Crippen LogP contribution >= 0.6 is 0 Å². The quantitative estimate of drug-likeness (QED) is 0.408. The molecular weight excluding hydrogens is 472 g/mol. The lowest BCUT2D eigenvalue weighted by molar-refractivity contribution is -0.172. The number of likely N-dealkylation sites (tertiary alicyclic amines) is 1. The van der Waals surface area contributed by atoms with Gasteiger partial charge in [0.05, 0.1) is 29.0 Å². The molecule has 2 aromatic heterocycles. The zero-order chi connectivity index (χ0) is 26.1. The second kappa shape index (κ2) is 8.65. The van der Waals surface area contributed by atoms with Gasteiger partial charge in [-0.3, -0.25) is 9.69 Å². The van der Waals surface area contributed by atoms with E-state index in [0.717, 1.165) is 48.0 Å². The zero-order valence-corrected chi connectivity index (χ0v) is 21.5. The first kappa shape index (κ1) is 24.1. The zero-order valence-electron chi connectivity index (χ0n) is 21.5. The van der Waals surface area contributed by atoms with Gasteiger partial charge >= 0.3 is 5.97 Å². The van der Waals surface area contributed by atoms with Crippen LogP contribution in [0.5, 0.6) is 5.75 Å². The van der Waals surface area contributed by atoms with E-state index in [1.54, 1.807) is 29.7 Å². The molecule has 1 aromatic carbocycles. The largest absolute Gasteiger partial charge is 0.508 e. The topological polar surface area (TPSA) is 108 Å². The van der Waals surface area contributed by atoms with Gasteiger partial charge in [-0.1, -0.05) is 6.92 Å².